The second-order valence-electron chi connectivity index (χ2n) is 4.20. The molecule has 0 aliphatic heterocycles. The maximum atomic E-state index is 4.48. The molecule has 1 N–H and O–H groups in total. The quantitative estimate of drug-likeness (QED) is 0.739. The van der Waals surface area contributed by atoms with Gasteiger partial charge in [0, 0.05) is 11.3 Å². The molecule has 18 heavy (non-hydrogen) atoms. The lowest BCUT2D eigenvalue weighted by atomic mass is 10.1. The Bertz CT molecular complexity index is 656. The molecule has 0 saturated carbocycles. The fourth-order valence-electron chi connectivity index (χ4n) is 1.90. The van der Waals surface area contributed by atoms with E-state index < -0.39 is 0 Å². The van der Waals surface area contributed by atoms with Crippen molar-refractivity contribution in [2.24, 2.45) is 0 Å². The molecule has 0 bridgehead atoms. The zero-order valence-corrected chi connectivity index (χ0v) is 10.1. The van der Waals surface area contributed by atoms with Gasteiger partial charge in [-0.25, -0.2) is 0 Å². The van der Waals surface area contributed by atoms with Crippen molar-refractivity contribution >= 4 is 0 Å². The van der Waals surface area contributed by atoms with Gasteiger partial charge in [-0.1, -0.05) is 36.4 Å². The van der Waals surface area contributed by atoms with Gasteiger partial charge in [0.05, 0.1) is 17.1 Å². The third-order valence-corrected chi connectivity index (χ3v) is 2.81. The number of aromatic amines is 1. The van der Waals surface area contributed by atoms with Gasteiger partial charge in [-0.2, -0.15) is 5.10 Å². The van der Waals surface area contributed by atoms with Crippen LogP contribution in [0.2, 0.25) is 0 Å². The molecule has 1 aromatic carbocycles. The van der Waals surface area contributed by atoms with Gasteiger partial charge in [0.15, 0.2) is 0 Å². The smallest absolute Gasteiger partial charge is 0.0927 e. The van der Waals surface area contributed by atoms with E-state index in [1.165, 1.54) is 0 Å². The maximum Gasteiger partial charge on any atom is 0.0927 e. The van der Waals surface area contributed by atoms with Crippen LogP contribution >= 0.6 is 0 Å². The number of pyridine rings is 1. The highest BCUT2D eigenvalue weighted by molar-refractivity contribution is 5.66. The topological polar surface area (TPSA) is 41.6 Å². The molecule has 3 nitrogen and oxygen atoms in total. The van der Waals surface area contributed by atoms with Gasteiger partial charge in [0.1, 0.15) is 0 Å². The molecule has 3 heteroatoms. The number of hydrogen-bond donors (Lipinski definition) is 1. The molecule has 3 rings (SSSR count). The Balaban J connectivity index is 2.00. The molecular weight excluding hydrogens is 222 g/mol. The summed E-state index contributed by atoms with van der Waals surface area (Å²) >= 11 is 0. The van der Waals surface area contributed by atoms with Crippen molar-refractivity contribution in [3.05, 3.63) is 60.3 Å². The van der Waals surface area contributed by atoms with Crippen LogP contribution in [0.4, 0.5) is 0 Å². The van der Waals surface area contributed by atoms with Crippen LogP contribution in [0.5, 0.6) is 0 Å². The number of H-pyrrole nitrogens is 1. The van der Waals surface area contributed by atoms with E-state index in [9.17, 15) is 0 Å². The van der Waals surface area contributed by atoms with Crippen LogP contribution in [0, 0.1) is 6.92 Å². The summed E-state index contributed by atoms with van der Waals surface area (Å²) in [7, 11) is 0. The molecule has 0 atom stereocenters. The summed E-state index contributed by atoms with van der Waals surface area (Å²) in [5.74, 6) is 0. The summed E-state index contributed by atoms with van der Waals surface area (Å²) in [5, 5.41) is 7.36. The Morgan fingerprint density at radius 3 is 2.50 bits per heavy atom. The van der Waals surface area contributed by atoms with Gasteiger partial charge >= 0.3 is 0 Å². The van der Waals surface area contributed by atoms with E-state index in [0.717, 1.165) is 28.3 Å². The first kappa shape index (κ1) is 10.7. The van der Waals surface area contributed by atoms with Crippen LogP contribution in [-0.2, 0) is 0 Å². The minimum Gasteiger partial charge on any atom is -0.276 e. The van der Waals surface area contributed by atoms with Crippen LogP contribution in [0.25, 0.3) is 22.6 Å². The number of nitrogens with zero attached hydrogens (tertiary/aromatic N) is 2. The first-order valence-corrected chi connectivity index (χ1v) is 5.88. The van der Waals surface area contributed by atoms with E-state index in [1.54, 1.807) is 0 Å². The zero-order valence-electron chi connectivity index (χ0n) is 10.1. The van der Waals surface area contributed by atoms with E-state index in [0.29, 0.717) is 0 Å². The summed E-state index contributed by atoms with van der Waals surface area (Å²) in [6.07, 6.45) is 0. The minimum absolute atomic E-state index is 0.921. The number of rotatable bonds is 2. The average Bonchev–Trinajstić information content (AvgIpc) is 2.89. The van der Waals surface area contributed by atoms with E-state index in [4.69, 9.17) is 0 Å². The molecule has 0 aliphatic carbocycles. The summed E-state index contributed by atoms with van der Waals surface area (Å²) in [6, 6.07) is 18.1. The Labute approximate surface area is 106 Å². The van der Waals surface area contributed by atoms with E-state index >= 15 is 0 Å². The third kappa shape index (κ3) is 2.02. The molecule has 2 heterocycles. The van der Waals surface area contributed by atoms with E-state index in [1.807, 2.05) is 61.5 Å². The monoisotopic (exact) mass is 235 g/mol. The molecule has 0 spiro atoms. The van der Waals surface area contributed by atoms with Gasteiger partial charge in [-0.15, -0.1) is 0 Å². The predicted octanol–water partition coefficient (Wildman–Crippen LogP) is 3.45. The second-order valence-corrected chi connectivity index (χ2v) is 4.20. The summed E-state index contributed by atoms with van der Waals surface area (Å²) in [5.41, 5.74) is 4.91. The lowest BCUT2D eigenvalue weighted by Gasteiger charge is -1.97. The number of nitrogens with one attached hydrogen (secondary N) is 1. The molecule has 2 aromatic heterocycles. The SMILES string of the molecule is Cc1cccc(-c2cc(-c3ccccc3)n[nH]2)n1. The second kappa shape index (κ2) is 4.45. The zero-order chi connectivity index (χ0) is 12.4. The maximum absolute atomic E-state index is 4.48. The number of benzene rings is 1. The molecule has 0 aliphatic rings. The Hall–Kier alpha value is -2.42. The van der Waals surface area contributed by atoms with Crippen molar-refractivity contribution in [3.8, 4) is 22.6 Å². The number of hydrogen-bond acceptors (Lipinski definition) is 2. The standard InChI is InChI=1S/C15H13N3/c1-11-6-5-9-13(16-11)15-10-14(17-18-15)12-7-3-2-4-8-12/h2-10H,1H3,(H,17,18). The third-order valence-electron chi connectivity index (χ3n) is 2.81. The lowest BCUT2D eigenvalue weighted by molar-refractivity contribution is 1.08. The Morgan fingerprint density at radius 1 is 0.889 bits per heavy atom. The van der Waals surface area contributed by atoms with Crippen molar-refractivity contribution in [2.45, 2.75) is 6.92 Å². The van der Waals surface area contributed by atoms with Crippen LogP contribution in [0.15, 0.2) is 54.6 Å². The average molecular weight is 235 g/mol. The fourth-order valence-corrected chi connectivity index (χ4v) is 1.90. The van der Waals surface area contributed by atoms with Gasteiger partial charge in [-0.05, 0) is 25.1 Å². The molecular formula is C15H13N3. The van der Waals surface area contributed by atoms with Crippen LogP contribution in [0.3, 0.4) is 0 Å². The Kier molecular flexibility index (Phi) is 2.65. The van der Waals surface area contributed by atoms with Crippen molar-refractivity contribution in [1.82, 2.24) is 15.2 Å². The molecule has 0 saturated heterocycles. The van der Waals surface area contributed by atoms with Crippen LogP contribution in [-0.4, -0.2) is 15.2 Å². The van der Waals surface area contributed by atoms with Crippen LogP contribution in [0.1, 0.15) is 5.69 Å². The normalized spacial score (nSPS) is 10.5. The summed E-state index contributed by atoms with van der Waals surface area (Å²) in [6.45, 7) is 1.98. The highest BCUT2D eigenvalue weighted by atomic mass is 15.1. The molecule has 0 fully saturated rings. The fraction of sp³-hybridized carbons (Fsp3) is 0.0667. The molecule has 0 unspecified atom stereocenters. The molecule has 0 radical (unpaired) electrons. The predicted molar refractivity (Wildman–Crippen MR) is 72.0 cm³/mol. The van der Waals surface area contributed by atoms with Gasteiger partial charge in [0.2, 0.25) is 0 Å². The highest BCUT2D eigenvalue weighted by Crippen LogP contribution is 2.22. The summed E-state index contributed by atoms with van der Waals surface area (Å²) in [4.78, 5) is 4.48. The molecule has 88 valence electrons. The van der Waals surface area contributed by atoms with Gasteiger partial charge in [-0.3, -0.25) is 10.1 Å². The van der Waals surface area contributed by atoms with E-state index in [-0.39, 0.29) is 0 Å². The van der Waals surface area contributed by atoms with Gasteiger partial charge in [0.25, 0.3) is 0 Å². The molecule has 0 amide bonds. The van der Waals surface area contributed by atoms with Crippen molar-refractivity contribution in [1.29, 1.82) is 0 Å². The van der Waals surface area contributed by atoms with Crippen molar-refractivity contribution < 1.29 is 0 Å². The summed E-state index contributed by atoms with van der Waals surface area (Å²) < 4.78 is 0. The van der Waals surface area contributed by atoms with Gasteiger partial charge < -0.3 is 0 Å². The largest absolute Gasteiger partial charge is 0.276 e. The van der Waals surface area contributed by atoms with E-state index in [2.05, 4.69) is 15.2 Å². The highest BCUT2D eigenvalue weighted by Gasteiger charge is 2.06. The first-order valence-electron chi connectivity index (χ1n) is 5.88. The van der Waals surface area contributed by atoms with Crippen LogP contribution < -0.4 is 0 Å². The molecule has 3 aromatic rings. The minimum atomic E-state index is 0.921. The number of aryl methyl sites for hydroxylation is 1. The van der Waals surface area contributed by atoms with Crippen molar-refractivity contribution in [2.75, 3.05) is 0 Å². The number of aromatic nitrogens is 3. The Morgan fingerprint density at radius 2 is 1.72 bits per heavy atom. The lowest BCUT2D eigenvalue weighted by Crippen LogP contribution is -1.85. The first-order chi connectivity index (χ1) is 8.83. The van der Waals surface area contributed by atoms with Crippen molar-refractivity contribution in [3.63, 3.8) is 0 Å².